The topological polar surface area (TPSA) is 58.2 Å². The largest absolute Gasteiger partial charge is 0.321 e. The molecule has 0 unspecified atom stereocenters. The van der Waals surface area contributed by atoms with Gasteiger partial charge in [-0.15, -0.1) is 0 Å². The van der Waals surface area contributed by atoms with Crippen LogP contribution in [-0.2, 0) is 9.59 Å². The zero-order valence-corrected chi connectivity index (χ0v) is 12.5. The Morgan fingerprint density at radius 2 is 1.26 bits per heavy atom. The summed E-state index contributed by atoms with van der Waals surface area (Å²) in [6.07, 6.45) is 0. The summed E-state index contributed by atoms with van der Waals surface area (Å²) in [5.74, 6) is -0.484. The minimum atomic E-state index is -0.242. The van der Waals surface area contributed by atoms with Crippen LogP contribution in [0, 0.1) is 6.92 Å². The van der Waals surface area contributed by atoms with E-state index in [2.05, 4.69) is 10.6 Å². The van der Waals surface area contributed by atoms with Crippen LogP contribution < -0.4 is 10.6 Å². The second-order valence-corrected chi connectivity index (χ2v) is 5.64. The molecular formula is C19H14N2O2. The van der Waals surface area contributed by atoms with Gasteiger partial charge in [0.2, 0.25) is 0 Å². The van der Waals surface area contributed by atoms with Gasteiger partial charge in [0.05, 0.1) is 22.5 Å². The van der Waals surface area contributed by atoms with E-state index in [0.29, 0.717) is 22.5 Å². The molecule has 2 heterocycles. The average Bonchev–Trinajstić information content (AvgIpc) is 3.08. The predicted octanol–water partition coefficient (Wildman–Crippen LogP) is 2.38. The van der Waals surface area contributed by atoms with Crippen molar-refractivity contribution in [1.82, 2.24) is 10.6 Å². The van der Waals surface area contributed by atoms with E-state index in [1.807, 2.05) is 61.5 Å². The van der Waals surface area contributed by atoms with Crippen molar-refractivity contribution in [2.24, 2.45) is 0 Å². The molecule has 2 N–H and O–H groups in total. The highest BCUT2D eigenvalue weighted by atomic mass is 16.2. The van der Waals surface area contributed by atoms with Crippen LogP contribution in [0.1, 0.15) is 16.7 Å². The van der Waals surface area contributed by atoms with Crippen LogP contribution in [0.5, 0.6) is 0 Å². The molecule has 2 aliphatic rings. The molecule has 4 rings (SSSR count). The molecule has 2 aromatic rings. The monoisotopic (exact) mass is 302 g/mol. The molecule has 0 atom stereocenters. The summed E-state index contributed by atoms with van der Waals surface area (Å²) in [4.78, 5) is 24.9. The molecule has 0 radical (unpaired) electrons. The van der Waals surface area contributed by atoms with Gasteiger partial charge in [-0.1, -0.05) is 54.1 Å². The van der Waals surface area contributed by atoms with Crippen molar-refractivity contribution < 1.29 is 9.59 Å². The zero-order chi connectivity index (χ0) is 16.0. The Morgan fingerprint density at radius 1 is 0.696 bits per heavy atom. The van der Waals surface area contributed by atoms with E-state index in [4.69, 9.17) is 0 Å². The SMILES string of the molecule is Cc1cccc(C2=C3C(=O)NC(c4ccccc4)=C3C(=O)N2)c1. The lowest BCUT2D eigenvalue weighted by Crippen LogP contribution is -2.21. The maximum Gasteiger partial charge on any atom is 0.258 e. The summed E-state index contributed by atoms with van der Waals surface area (Å²) in [5.41, 5.74) is 4.75. The Kier molecular flexibility index (Phi) is 2.91. The lowest BCUT2D eigenvalue weighted by molar-refractivity contribution is -0.117. The van der Waals surface area contributed by atoms with Crippen molar-refractivity contribution in [3.63, 3.8) is 0 Å². The van der Waals surface area contributed by atoms with Gasteiger partial charge in [-0.3, -0.25) is 9.59 Å². The van der Waals surface area contributed by atoms with E-state index < -0.39 is 0 Å². The van der Waals surface area contributed by atoms with Crippen molar-refractivity contribution in [3.05, 3.63) is 82.4 Å². The first-order valence-electron chi connectivity index (χ1n) is 7.39. The molecule has 0 saturated heterocycles. The van der Waals surface area contributed by atoms with Gasteiger partial charge in [0.15, 0.2) is 0 Å². The highest BCUT2D eigenvalue weighted by molar-refractivity contribution is 6.30. The Hall–Kier alpha value is -3.14. The molecule has 0 spiro atoms. The maximum absolute atomic E-state index is 12.5. The quantitative estimate of drug-likeness (QED) is 0.895. The Balaban J connectivity index is 1.92. The molecule has 4 nitrogen and oxygen atoms in total. The lowest BCUT2D eigenvalue weighted by Gasteiger charge is -2.07. The smallest absolute Gasteiger partial charge is 0.258 e. The average molecular weight is 302 g/mol. The van der Waals surface area contributed by atoms with E-state index in [1.165, 1.54) is 0 Å². The third-order valence-electron chi connectivity index (χ3n) is 4.05. The highest BCUT2D eigenvalue weighted by Crippen LogP contribution is 2.37. The Labute approximate surface area is 133 Å². The fraction of sp³-hybridized carbons (Fsp3) is 0.0526. The van der Waals surface area contributed by atoms with E-state index >= 15 is 0 Å². The van der Waals surface area contributed by atoms with Crippen molar-refractivity contribution >= 4 is 23.2 Å². The first kappa shape index (κ1) is 13.5. The summed E-state index contributed by atoms with van der Waals surface area (Å²) in [6.45, 7) is 1.98. The van der Waals surface area contributed by atoms with Gasteiger partial charge in [0.1, 0.15) is 0 Å². The first-order chi connectivity index (χ1) is 11.1. The number of carbonyl (C=O) groups is 2. The second kappa shape index (κ2) is 4.95. The second-order valence-electron chi connectivity index (χ2n) is 5.64. The molecule has 2 aromatic carbocycles. The van der Waals surface area contributed by atoms with Crippen molar-refractivity contribution in [2.75, 3.05) is 0 Å². The van der Waals surface area contributed by atoms with Crippen LogP contribution in [0.3, 0.4) is 0 Å². The fourth-order valence-electron chi connectivity index (χ4n) is 3.02. The Morgan fingerprint density at radius 3 is 1.87 bits per heavy atom. The van der Waals surface area contributed by atoms with Crippen molar-refractivity contribution in [3.8, 4) is 0 Å². The highest BCUT2D eigenvalue weighted by Gasteiger charge is 2.40. The molecule has 23 heavy (non-hydrogen) atoms. The predicted molar refractivity (Wildman–Crippen MR) is 87.7 cm³/mol. The number of hydrogen-bond acceptors (Lipinski definition) is 2. The van der Waals surface area contributed by atoms with Crippen LogP contribution in [-0.4, -0.2) is 11.8 Å². The van der Waals surface area contributed by atoms with Crippen molar-refractivity contribution in [1.29, 1.82) is 0 Å². The third-order valence-corrected chi connectivity index (χ3v) is 4.05. The van der Waals surface area contributed by atoms with E-state index in [0.717, 1.165) is 16.7 Å². The summed E-state index contributed by atoms with van der Waals surface area (Å²) < 4.78 is 0. The molecule has 0 fully saturated rings. The summed E-state index contributed by atoms with van der Waals surface area (Å²) in [5, 5.41) is 5.69. The molecule has 0 saturated carbocycles. The number of nitrogens with one attached hydrogen (secondary N) is 2. The van der Waals surface area contributed by atoms with E-state index in [-0.39, 0.29) is 11.8 Å². The molecule has 0 bridgehead atoms. The third kappa shape index (κ3) is 2.07. The van der Waals surface area contributed by atoms with Gasteiger partial charge in [0.25, 0.3) is 11.8 Å². The normalized spacial score (nSPS) is 16.6. The van der Waals surface area contributed by atoms with Gasteiger partial charge < -0.3 is 10.6 Å². The number of benzene rings is 2. The molecular weight excluding hydrogens is 288 g/mol. The standard InChI is InChI=1S/C19H14N2O2/c1-11-6-5-9-13(10-11)17-15-14(18(22)21-17)16(20-19(15)23)12-7-3-2-4-8-12/h2-10H,1H3,(H,20,23)(H,21,22). The number of carbonyl (C=O) groups excluding carboxylic acids is 2. The number of fused-ring (bicyclic) bond motifs is 1. The van der Waals surface area contributed by atoms with Gasteiger partial charge in [0, 0.05) is 0 Å². The first-order valence-corrected chi connectivity index (χ1v) is 7.39. The van der Waals surface area contributed by atoms with Gasteiger partial charge in [-0.05, 0) is 24.1 Å². The van der Waals surface area contributed by atoms with Crippen LogP contribution >= 0.6 is 0 Å². The van der Waals surface area contributed by atoms with E-state index in [1.54, 1.807) is 0 Å². The summed E-state index contributed by atoms with van der Waals surface area (Å²) in [6, 6.07) is 17.2. The number of rotatable bonds is 2. The van der Waals surface area contributed by atoms with Crippen molar-refractivity contribution in [2.45, 2.75) is 6.92 Å². The number of aryl methyl sites for hydroxylation is 1. The minimum absolute atomic E-state index is 0.242. The van der Waals surface area contributed by atoms with Crippen LogP contribution in [0.4, 0.5) is 0 Å². The van der Waals surface area contributed by atoms with E-state index in [9.17, 15) is 9.59 Å². The molecule has 112 valence electrons. The van der Waals surface area contributed by atoms with Gasteiger partial charge >= 0.3 is 0 Å². The summed E-state index contributed by atoms with van der Waals surface area (Å²) in [7, 11) is 0. The maximum atomic E-state index is 12.5. The lowest BCUT2D eigenvalue weighted by atomic mass is 10.0. The number of amides is 2. The number of hydrogen-bond donors (Lipinski definition) is 2. The van der Waals surface area contributed by atoms with Crippen LogP contribution in [0.15, 0.2) is 65.7 Å². The van der Waals surface area contributed by atoms with Gasteiger partial charge in [-0.25, -0.2) is 0 Å². The Bertz CT molecular complexity index is 908. The molecule has 2 amide bonds. The molecule has 0 aromatic heterocycles. The molecule has 0 aliphatic carbocycles. The van der Waals surface area contributed by atoms with Crippen LogP contribution in [0.2, 0.25) is 0 Å². The summed E-state index contributed by atoms with van der Waals surface area (Å²) >= 11 is 0. The minimum Gasteiger partial charge on any atom is -0.321 e. The zero-order valence-electron chi connectivity index (χ0n) is 12.5. The van der Waals surface area contributed by atoms with Gasteiger partial charge in [-0.2, -0.15) is 0 Å². The fourth-order valence-corrected chi connectivity index (χ4v) is 3.02. The molecule has 4 heteroatoms. The van der Waals surface area contributed by atoms with Crippen LogP contribution in [0.25, 0.3) is 11.4 Å². The molecule has 2 aliphatic heterocycles.